The van der Waals surface area contributed by atoms with Crippen LogP contribution >= 0.6 is 0 Å². The number of hydrogen-bond donors (Lipinski definition) is 0. The Morgan fingerprint density at radius 3 is 2.33 bits per heavy atom. The first-order chi connectivity index (χ1) is 13.0. The van der Waals surface area contributed by atoms with Crippen LogP contribution in [0.2, 0.25) is 0 Å². The second-order valence-corrected chi connectivity index (χ2v) is 6.59. The second-order valence-electron chi connectivity index (χ2n) is 6.59. The van der Waals surface area contributed by atoms with Crippen molar-refractivity contribution in [2.45, 2.75) is 12.5 Å². The molecule has 0 radical (unpaired) electrons. The Morgan fingerprint density at radius 2 is 1.67 bits per heavy atom. The molecule has 2 amide bonds. The minimum absolute atomic E-state index is 0.297. The molecule has 2 aliphatic heterocycles. The minimum Gasteiger partial charge on any atom is -0.315 e. The van der Waals surface area contributed by atoms with E-state index in [4.69, 9.17) is 0 Å². The fourth-order valence-electron chi connectivity index (χ4n) is 3.25. The predicted molar refractivity (Wildman–Crippen MR) is 95.4 cm³/mol. The summed E-state index contributed by atoms with van der Waals surface area (Å²) in [5.74, 6) is -1.66. The van der Waals surface area contributed by atoms with Crippen LogP contribution in [0.1, 0.15) is 23.6 Å². The fraction of sp³-hybridized carbons (Fsp3) is 0.200. The summed E-state index contributed by atoms with van der Waals surface area (Å²) in [6, 6.07) is 8.52. The summed E-state index contributed by atoms with van der Waals surface area (Å²) in [6.07, 6.45) is 3.89. The zero-order chi connectivity index (χ0) is 19.0. The van der Waals surface area contributed by atoms with E-state index in [1.54, 1.807) is 23.2 Å². The molecule has 4 nitrogen and oxygen atoms in total. The van der Waals surface area contributed by atoms with Crippen molar-refractivity contribution in [3.05, 3.63) is 76.6 Å². The van der Waals surface area contributed by atoms with Gasteiger partial charge in [-0.1, -0.05) is 18.2 Å². The number of likely N-dealkylation sites (tertiary alicyclic amines) is 1. The number of nitrogens with zero attached hydrogens (tertiary/aromatic N) is 3. The van der Waals surface area contributed by atoms with E-state index >= 15 is 0 Å². The van der Waals surface area contributed by atoms with Crippen LogP contribution in [0.3, 0.4) is 0 Å². The van der Waals surface area contributed by atoms with Gasteiger partial charge in [-0.2, -0.15) is 5.10 Å². The number of urea groups is 1. The summed E-state index contributed by atoms with van der Waals surface area (Å²) < 4.78 is 40.0. The van der Waals surface area contributed by atoms with Crippen molar-refractivity contribution in [1.82, 2.24) is 9.91 Å². The number of benzene rings is 2. The molecular weight excluding hydrogens is 355 g/mol. The van der Waals surface area contributed by atoms with E-state index in [0.29, 0.717) is 25.1 Å². The lowest BCUT2D eigenvalue weighted by molar-refractivity contribution is 0.136. The van der Waals surface area contributed by atoms with Gasteiger partial charge in [0.15, 0.2) is 0 Å². The smallest absolute Gasteiger partial charge is 0.315 e. The molecule has 138 valence electrons. The normalized spacial score (nSPS) is 18.6. The van der Waals surface area contributed by atoms with Crippen LogP contribution in [0.5, 0.6) is 0 Å². The average Bonchev–Trinajstić information content (AvgIpc) is 3.08. The van der Waals surface area contributed by atoms with Gasteiger partial charge in [-0.25, -0.2) is 23.0 Å². The van der Waals surface area contributed by atoms with Gasteiger partial charge in [0.1, 0.15) is 17.5 Å². The number of carbonyl (C=O) groups is 1. The third kappa shape index (κ3) is 3.58. The average molecular weight is 371 g/mol. The molecule has 2 aromatic carbocycles. The quantitative estimate of drug-likeness (QED) is 0.773. The SMILES string of the molecule is O=C(N1CC(=Cc2ccc(F)cc2)C1)N1N=CCC1c1cc(F)cc(F)c1. The van der Waals surface area contributed by atoms with Crippen molar-refractivity contribution in [1.29, 1.82) is 0 Å². The van der Waals surface area contributed by atoms with Crippen LogP contribution < -0.4 is 0 Å². The van der Waals surface area contributed by atoms with Crippen LogP contribution in [-0.2, 0) is 0 Å². The van der Waals surface area contributed by atoms with E-state index in [9.17, 15) is 18.0 Å². The summed E-state index contributed by atoms with van der Waals surface area (Å²) in [4.78, 5) is 14.3. The molecule has 2 aliphatic rings. The summed E-state index contributed by atoms with van der Waals surface area (Å²) >= 11 is 0. The lowest BCUT2D eigenvalue weighted by Crippen LogP contribution is -2.49. The van der Waals surface area contributed by atoms with Crippen LogP contribution in [-0.4, -0.2) is 35.2 Å². The van der Waals surface area contributed by atoms with Crippen LogP contribution in [0, 0.1) is 17.5 Å². The molecule has 0 bridgehead atoms. The Balaban J connectivity index is 1.44. The van der Waals surface area contributed by atoms with Gasteiger partial charge >= 0.3 is 6.03 Å². The summed E-state index contributed by atoms with van der Waals surface area (Å²) in [7, 11) is 0. The van der Waals surface area contributed by atoms with E-state index in [1.807, 2.05) is 6.08 Å². The Hall–Kier alpha value is -3.09. The van der Waals surface area contributed by atoms with Crippen molar-refractivity contribution >= 4 is 18.3 Å². The lowest BCUT2D eigenvalue weighted by Gasteiger charge is -2.37. The first kappa shape index (κ1) is 17.3. The molecular formula is C20H16F3N3O. The van der Waals surface area contributed by atoms with E-state index in [-0.39, 0.29) is 11.8 Å². The predicted octanol–water partition coefficient (Wildman–Crippen LogP) is 4.36. The molecule has 1 unspecified atom stereocenters. The molecule has 0 aromatic heterocycles. The largest absolute Gasteiger partial charge is 0.341 e. The van der Waals surface area contributed by atoms with Gasteiger partial charge in [-0.05, 0) is 41.0 Å². The maximum Gasteiger partial charge on any atom is 0.341 e. The highest BCUT2D eigenvalue weighted by Crippen LogP contribution is 2.32. The zero-order valence-electron chi connectivity index (χ0n) is 14.3. The molecule has 27 heavy (non-hydrogen) atoms. The first-order valence-corrected chi connectivity index (χ1v) is 8.51. The molecule has 0 saturated carbocycles. The highest BCUT2D eigenvalue weighted by molar-refractivity contribution is 5.80. The molecule has 0 aliphatic carbocycles. The highest BCUT2D eigenvalue weighted by atomic mass is 19.1. The Morgan fingerprint density at radius 1 is 1.00 bits per heavy atom. The molecule has 4 rings (SSSR count). The number of hydrogen-bond acceptors (Lipinski definition) is 2. The van der Waals surface area contributed by atoms with Crippen molar-refractivity contribution in [3.8, 4) is 0 Å². The number of hydrazone groups is 1. The molecule has 1 atom stereocenters. The monoisotopic (exact) mass is 371 g/mol. The van der Waals surface area contributed by atoms with Crippen LogP contribution in [0.15, 0.2) is 53.1 Å². The lowest BCUT2D eigenvalue weighted by atomic mass is 10.0. The standard InChI is InChI=1S/C20H16F3N3O/c21-16-3-1-13(2-4-16)7-14-11-25(12-14)20(27)26-19(5-6-24-26)15-8-17(22)10-18(23)9-15/h1-4,6-10,19H,5,11-12H2. The molecule has 1 saturated heterocycles. The topological polar surface area (TPSA) is 35.9 Å². The van der Waals surface area contributed by atoms with E-state index < -0.39 is 17.7 Å². The van der Waals surface area contributed by atoms with Crippen LogP contribution in [0.4, 0.5) is 18.0 Å². The third-order valence-corrected chi connectivity index (χ3v) is 4.59. The molecule has 7 heteroatoms. The van der Waals surface area contributed by atoms with Gasteiger partial charge in [-0.3, -0.25) is 0 Å². The Bertz CT molecular complexity index is 912. The number of carbonyl (C=O) groups excluding carboxylic acids is 1. The van der Waals surface area contributed by atoms with Gasteiger partial charge in [0.2, 0.25) is 0 Å². The fourth-order valence-corrected chi connectivity index (χ4v) is 3.25. The molecule has 1 fully saturated rings. The van der Waals surface area contributed by atoms with Gasteiger partial charge in [0.25, 0.3) is 0 Å². The number of amides is 2. The summed E-state index contributed by atoms with van der Waals surface area (Å²) in [6.45, 7) is 0.874. The van der Waals surface area contributed by atoms with Crippen molar-refractivity contribution in [2.75, 3.05) is 13.1 Å². The van der Waals surface area contributed by atoms with Crippen molar-refractivity contribution in [2.24, 2.45) is 5.10 Å². The molecule has 2 aromatic rings. The molecule has 0 N–H and O–H groups in total. The third-order valence-electron chi connectivity index (χ3n) is 4.59. The maximum atomic E-state index is 13.5. The Kier molecular flexibility index (Phi) is 4.43. The summed E-state index contributed by atoms with van der Waals surface area (Å²) in [5, 5.41) is 5.35. The zero-order valence-corrected chi connectivity index (χ0v) is 14.3. The first-order valence-electron chi connectivity index (χ1n) is 8.51. The molecule has 2 heterocycles. The second kappa shape index (κ2) is 6.90. The minimum atomic E-state index is -0.683. The van der Waals surface area contributed by atoms with E-state index in [2.05, 4.69) is 5.10 Å². The summed E-state index contributed by atoms with van der Waals surface area (Å²) in [5.41, 5.74) is 2.28. The maximum absolute atomic E-state index is 13.5. The van der Waals surface area contributed by atoms with Crippen molar-refractivity contribution in [3.63, 3.8) is 0 Å². The van der Waals surface area contributed by atoms with Gasteiger partial charge < -0.3 is 4.90 Å². The van der Waals surface area contributed by atoms with E-state index in [1.165, 1.54) is 29.3 Å². The van der Waals surface area contributed by atoms with Crippen LogP contribution in [0.25, 0.3) is 6.08 Å². The van der Waals surface area contributed by atoms with Gasteiger partial charge in [-0.15, -0.1) is 0 Å². The molecule has 0 spiro atoms. The van der Waals surface area contributed by atoms with Gasteiger partial charge in [0.05, 0.1) is 6.04 Å². The number of rotatable bonds is 2. The van der Waals surface area contributed by atoms with E-state index in [0.717, 1.165) is 17.2 Å². The highest BCUT2D eigenvalue weighted by Gasteiger charge is 2.35. The number of halogens is 3. The Labute approximate surface area is 154 Å². The van der Waals surface area contributed by atoms with Crippen molar-refractivity contribution < 1.29 is 18.0 Å². The van der Waals surface area contributed by atoms with Gasteiger partial charge in [0, 0.05) is 31.8 Å².